The molecular formula is C12H21N3O. The molecule has 1 fully saturated rings. The van der Waals surface area contributed by atoms with Crippen LogP contribution in [0.4, 0.5) is 0 Å². The zero-order chi connectivity index (χ0) is 11.2. The first-order valence-corrected chi connectivity index (χ1v) is 6.17. The molecule has 4 nitrogen and oxygen atoms in total. The SMILES string of the molecule is CNCCc1coc(CC2CCNCC2)n1. The highest BCUT2D eigenvalue weighted by Gasteiger charge is 2.16. The molecule has 1 aromatic rings. The Labute approximate surface area is 96.8 Å². The van der Waals surface area contributed by atoms with E-state index in [4.69, 9.17) is 4.42 Å². The summed E-state index contributed by atoms with van der Waals surface area (Å²) in [4.78, 5) is 4.51. The highest BCUT2D eigenvalue weighted by molar-refractivity contribution is 4.98. The fourth-order valence-electron chi connectivity index (χ4n) is 2.14. The molecule has 0 saturated carbocycles. The fourth-order valence-corrected chi connectivity index (χ4v) is 2.14. The van der Waals surface area contributed by atoms with Gasteiger partial charge in [-0.05, 0) is 38.9 Å². The lowest BCUT2D eigenvalue weighted by Crippen LogP contribution is -2.28. The topological polar surface area (TPSA) is 50.1 Å². The molecule has 0 spiro atoms. The lowest BCUT2D eigenvalue weighted by atomic mass is 9.95. The molecule has 0 atom stereocenters. The summed E-state index contributed by atoms with van der Waals surface area (Å²) in [5.74, 6) is 1.66. The number of oxazole rings is 1. The van der Waals surface area contributed by atoms with E-state index in [1.807, 2.05) is 7.05 Å². The van der Waals surface area contributed by atoms with Crippen molar-refractivity contribution in [3.8, 4) is 0 Å². The Morgan fingerprint density at radius 2 is 2.31 bits per heavy atom. The fraction of sp³-hybridized carbons (Fsp3) is 0.750. The summed E-state index contributed by atoms with van der Waals surface area (Å²) in [6.07, 6.45) is 6.24. The second kappa shape index (κ2) is 6.01. The second-order valence-electron chi connectivity index (χ2n) is 4.48. The average Bonchev–Trinajstić information content (AvgIpc) is 2.75. The van der Waals surface area contributed by atoms with Crippen molar-refractivity contribution in [2.24, 2.45) is 5.92 Å². The first kappa shape index (κ1) is 11.6. The maximum atomic E-state index is 5.51. The average molecular weight is 223 g/mol. The van der Waals surface area contributed by atoms with Crippen molar-refractivity contribution < 1.29 is 4.42 Å². The van der Waals surface area contributed by atoms with E-state index in [1.165, 1.54) is 12.8 Å². The Bertz CT molecular complexity index is 305. The van der Waals surface area contributed by atoms with Crippen molar-refractivity contribution in [3.05, 3.63) is 17.8 Å². The third kappa shape index (κ3) is 3.32. The van der Waals surface area contributed by atoms with Gasteiger partial charge in [-0.3, -0.25) is 0 Å². The number of nitrogens with zero attached hydrogens (tertiary/aromatic N) is 1. The Kier molecular flexibility index (Phi) is 4.36. The standard InChI is InChI=1S/C12H21N3O/c1-13-5-4-11-9-16-12(15-11)8-10-2-6-14-7-3-10/h9-10,13-14H,2-8H2,1H3. The summed E-state index contributed by atoms with van der Waals surface area (Å²) in [6.45, 7) is 3.23. The molecule has 1 saturated heterocycles. The van der Waals surface area contributed by atoms with Crippen molar-refractivity contribution in [3.63, 3.8) is 0 Å². The van der Waals surface area contributed by atoms with Gasteiger partial charge in [0.05, 0.1) is 5.69 Å². The number of rotatable bonds is 5. The van der Waals surface area contributed by atoms with Crippen LogP contribution in [0.5, 0.6) is 0 Å². The summed E-state index contributed by atoms with van der Waals surface area (Å²) in [5.41, 5.74) is 1.07. The predicted molar refractivity (Wildman–Crippen MR) is 63.4 cm³/mol. The third-order valence-corrected chi connectivity index (χ3v) is 3.15. The van der Waals surface area contributed by atoms with Crippen LogP contribution in [0.3, 0.4) is 0 Å². The Balaban J connectivity index is 1.81. The smallest absolute Gasteiger partial charge is 0.194 e. The van der Waals surface area contributed by atoms with Gasteiger partial charge in [0.15, 0.2) is 5.89 Å². The van der Waals surface area contributed by atoms with Gasteiger partial charge >= 0.3 is 0 Å². The van der Waals surface area contributed by atoms with E-state index in [0.717, 1.165) is 50.0 Å². The number of nitrogens with one attached hydrogen (secondary N) is 2. The van der Waals surface area contributed by atoms with Crippen molar-refractivity contribution in [1.29, 1.82) is 0 Å². The minimum Gasteiger partial charge on any atom is -0.449 e. The highest BCUT2D eigenvalue weighted by Crippen LogP contribution is 2.17. The van der Waals surface area contributed by atoms with Crippen molar-refractivity contribution in [2.45, 2.75) is 25.7 Å². The lowest BCUT2D eigenvalue weighted by Gasteiger charge is -2.20. The highest BCUT2D eigenvalue weighted by atomic mass is 16.3. The third-order valence-electron chi connectivity index (χ3n) is 3.15. The molecule has 1 aliphatic rings. The van der Waals surface area contributed by atoms with Crippen LogP contribution in [-0.2, 0) is 12.8 Å². The molecule has 0 amide bonds. The van der Waals surface area contributed by atoms with Crippen molar-refractivity contribution in [1.82, 2.24) is 15.6 Å². The largest absolute Gasteiger partial charge is 0.449 e. The van der Waals surface area contributed by atoms with Gasteiger partial charge in [0, 0.05) is 19.4 Å². The Hall–Kier alpha value is -0.870. The van der Waals surface area contributed by atoms with E-state index >= 15 is 0 Å². The molecule has 4 heteroatoms. The summed E-state index contributed by atoms with van der Waals surface area (Å²) < 4.78 is 5.51. The van der Waals surface area contributed by atoms with Gasteiger partial charge in [-0.2, -0.15) is 0 Å². The number of hydrogen-bond donors (Lipinski definition) is 2. The van der Waals surface area contributed by atoms with E-state index in [9.17, 15) is 0 Å². The molecule has 0 unspecified atom stereocenters. The minimum atomic E-state index is 0.747. The molecule has 2 heterocycles. The van der Waals surface area contributed by atoms with Crippen molar-refractivity contribution in [2.75, 3.05) is 26.7 Å². The zero-order valence-electron chi connectivity index (χ0n) is 9.96. The van der Waals surface area contributed by atoms with Crippen LogP contribution >= 0.6 is 0 Å². The van der Waals surface area contributed by atoms with E-state index in [-0.39, 0.29) is 0 Å². The van der Waals surface area contributed by atoms with Gasteiger partial charge in [0.25, 0.3) is 0 Å². The quantitative estimate of drug-likeness (QED) is 0.781. The first-order valence-electron chi connectivity index (χ1n) is 6.17. The minimum absolute atomic E-state index is 0.747. The molecule has 1 aromatic heterocycles. The van der Waals surface area contributed by atoms with Crippen LogP contribution in [0.2, 0.25) is 0 Å². The van der Waals surface area contributed by atoms with Crippen LogP contribution in [0.15, 0.2) is 10.7 Å². The van der Waals surface area contributed by atoms with Crippen LogP contribution in [0, 0.1) is 5.92 Å². The van der Waals surface area contributed by atoms with Gasteiger partial charge in [-0.25, -0.2) is 4.98 Å². The molecule has 0 radical (unpaired) electrons. The number of likely N-dealkylation sites (N-methyl/N-ethyl adjacent to an activating group) is 1. The van der Waals surface area contributed by atoms with Gasteiger partial charge in [-0.1, -0.05) is 0 Å². The molecular weight excluding hydrogens is 202 g/mol. The van der Waals surface area contributed by atoms with Gasteiger partial charge < -0.3 is 15.1 Å². The van der Waals surface area contributed by atoms with E-state index in [1.54, 1.807) is 6.26 Å². The lowest BCUT2D eigenvalue weighted by molar-refractivity contribution is 0.341. The molecule has 0 bridgehead atoms. The Morgan fingerprint density at radius 3 is 3.06 bits per heavy atom. The van der Waals surface area contributed by atoms with E-state index in [0.29, 0.717) is 0 Å². The molecule has 90 valence electrons. The van der Waals surface area contributed by atoms with Gasteiger partial charge in [-0.15, -0.1) is 0 Å². The van der Waals surface area contributed by atoms with E-state index < -0.39 is 0 Å². The molecule has 2 rings (SSSR count). The van der Waals surface area contributed by atoms with Crippen LogP contribution in [0.1, 0.15) is 24.4 Å². The Morgan fingerprint density at radius 1 is 1.50 bits per heavy atom. The second-order valence-corrected chi connectivity index (χ2v) is 4.48. The predicted octanol–water partition coefficient (Wildman–Crippen LogP) is 0.979. The van der Waals surface area contributed by atoms with Crippen LogP contribution in [0.25, 0.3) is 0 Å². The summed E-state index contributed by atoms with van der Waals surface area (Å²) in [5, 5.41) is 6.49. The molecule has 0 aliphatic carbocycles. The number of aromatic nitrogens is 1. The van der Waals surface area contributed by atoms with E-state index in [2.05, 4.69) is 15.6 Å². The molecule has 16 heavy (non-hydrogen) atoms. The van der Waals surface area contributed by atoms with Crippen LogP contribution < -0.4 is 10.6 Å². The van der Waals surface area contributed by atoms with Gasteiger partial charge in [0.1, 0.15) is 6.26 Å². The summed E-state index contributed by atoms with van der Waals surface area (Å²) >= 11 is 0. The molecule has 0 aromatic carbocycles. The maximum absolute atomic E-state index is 5.51. The molecule has 1 aliphatic heterocycles. The summed E-state index contributed by atoms with van der Waals surface area (Å²) in [7, 11) is 1.95. The van der Waals surface area contributed by atoms with Crippen LogP contribution in [-0.4, -0.2) is 31.7 Å². The zero-order valence-corrected chi connectivity index (χ0v) is 9.96. The molecule has 2 N–H and O–H groups in total. The monoisotopic (exact) mass is 223 g/mol. The number of hydrogen-bond acceptors (Lipinski definition) is 4. The number of piperidine rings is 1. The first-order chi connectivity index (χ1) is 7.88. The maximum Gasteiger partial charge on any atom is 0.194 e. The van der Waals surface area contributed by atoms with Gasteiger partial charge in [0.2, 0.25) is 0 Å². The normalized spacial score (nSPS) is 17.8. The summed E-state index contributed by atoms with van der Waals surface area (Å²) in [6, 6.07) is 0. The van der Waals surface area contributed by atoms with Crippen molar-refractivity contribution >= 4 is 0 Å².